The maximum Gasteiger partial charge on any atom is 0.349 e. The third-order valence-corrected chi connectivity index (χ3v) is 4.88. The van der Waals surface area contributed by atoms with Crippen molar-refractivity contribution in [2.24, 2.45) is 0 Å². The molecule has 164 valence electrons. The summed E-state index contributed by atoms with van der Waals surface area (Å²) in [6, 6.07) is 8.72. The Morgan fingerprint density at radius 2 is 1.97 bits per heavy atom. The number of hydrogen-bond donors (Lipinski definition) is 0. The number of rotatable bonds is 7. The Labute approximate surface area is 183 Å². The minimum absolute atomic E-state index is 0.0106. The van der Waals surface area contributed by atoms with Gasteiger partial charge in [0, 0.05) is 29.1 Å². The highest BCUT2D eigenvalue weighted by molar-refractivity contribution is 5.85. The Kier molecular flexibility index (Phi) is 5.98. The summed E-state index contributed by atoms with van der Waals surface area (Å²) in [6.07, 6.45) is 2.61. The van der Waals surface area contributed by atoms with Crippen molar-refractivity contribution in [3.05, 3.63) is 58.2 Å². The van der Waals surface area contributed by atoms with E-state index in [9.17, 15) is 9.59 Å². The van der Waals surface area contributed by atoms with Crippen molar-refractivity contribution >= 4 is 16.9 Å². The van der Waals surface area contributed by atoms with Crippen LogP contribution >= 0.6 is 0 Å². The standard InChI is InChI=1S/C23H21N3O6/c1-4-5-19(27)30-12-15-11-24-13(2)20-17(15)10-18(23(28)31-20)22-25-21(26-32-22)14-6-8-16(29-3)9-7-14/h6-11H,4-5,12H2,1-3H3. The topological polar surface area (TPSA) is 118 Å². The SMILES string of the molecule is CCCC(=O)OCc1cnc(C)c2oc(=O)c(-c3nc(-c4ccc(OC)cc4)no3)cc12. The lowest BCUT2D eigenvalue weighted by Gasteiger charge is -2.09. The summed E-state index contributed by atoms with van der Waals surface area (Å²) >= 11 is 0. The minimum atomic E-state index is -0.632. The number of carbonyl (C=O) groups is 1. The second-order valence-electron chi connectivity index (χ2n) is 7.12. The molecule has 3 aromatic heterocycles. The van der Waals surface area contributed by atoms with Gasteiger partial charge in [-0.15, -0.1) is 0 Å². The Bertz CT molecular complexity index is 1320. The number of esters is 1. The van der Waals surface area contributed by atoms with Gasteiger partial charge in [-0.3, -0.25) is 9.78 Å². The number of aryl methyl sites for hydroxylation is 1. The molecule has 0 unspecified atom stereocenters. The van der Waals surface area contributed by atoms with E-state index in [0.717, 1.165) is 0 Å². The molecule has 0 saturated heterocycles. The van der Waals surface area contributed by atoms with Gasteiger partial charge in [0.05, 0.1) is 12.8 Å². The van der Waals surface area contributed by atoms with Gasteiger partial charge in [0.1, 0.15) is 17.9 Å². The van der Waals surface area contributed by atoms with Gasteiger partial charge >= 0.3 is 11.6 Å². The number of pyridine rings is 1. The molecule has 0 spiro atoms. The molecule has 0 bridgehead atoms. The quantitative estimate of drug-likeness (QED) is 0.396. The van der Waals surface area contributed by atoms with Gasteiger partial charge in [-0.25, -0.2) is 4.79 Å². The number of nitrogens with zero attached hydrogens (tertiary/aromatic N) is 3. The van der Waals surface area contributed by atoms with E-state index in [1.165, 1.54) is 0 Å². The molecule has 1 aromatic carbocycles. The largest absolute Gasteiger partial charge is 0.497 e. The average Bonchev–Trinajstić information content (AvgIpc) is 3.29. The Morgan fingerprint density at radius 1 is 1.19 bits per heavy atom. The molecule has 4 aromatic rings. The number of aromatic nitrogens is 3. The fourth-order valence-electron chi connectivity index (χ4n) is 3.17. The van der Waals surface area contributed by atoms with Crippen LogP contribution in [0.25, 0.3) is 33.8 Å². The lowest BCUT2D eigenvalue weighted by molar-refractivity contribution is -0.144. The molecule has 3 heterocycles. The first-order chi connectivity index (χ1) is 15.5. The van der Waals surface area contributed by atoms with Crippen LogP contribution in [0.2, 0.25) is 0 Å². The highest BCUT2D eigenvalue weighted by atomic mass is 16.5. The monoisotopic (exact) mass is 435 g/mol. The molecule has 0 radical (unpaired) electrons. The summed E-state index contributed by atoms with van der Waals surface area (Å²) in [5.41, 5.74) is 1.64. The average molecular weight is 435 g/mol. The number of carbonyl (C=O) groups excluding carboxylic acids is 1. The van der Waals surface area contributed by atoms with Crippen LogP contribution in [0, 0.1) is 6.92 Å². The summed E-state index contributed by atoms with van der Waals surface area (Å²) in [6.45, 7) is 3.64. The van der Waals surface area contributed by atoms with E-state index in [4.69, 9.17) is 18.4 Å². The first-order valence-corrected chi connectivity index (χ1v) is 10.1. The molecule has 0 aliphatic carbocycles. The normalized spacial score (nSPS) is 11.0. The van der Waals surface area contributed by atoms with Gasteiger partial charge in [0.15, 0.2) is 5.58 Å². The molecule has 4 rings (SSSR count). The van der Waals surface area contributed by atoms with E-state index in [1.807, 2.05) is 6.92 Å². The molecule has 0 fully saturated rings. The maximum atomic E-state index is 12.7. The molecule has 0 amide bonds. The van der Waals surface area contributed by atoms with Crippen LogP contribution < -0.4 is 10.4 Å². The Hall–Kier alpha value is -4.01. The fourth-order valence-corrected chi connectivity index (χ4v) is 3.17. The van der Waals surface area contributed by atoms with Gasteiger partial charge in [-0.1, -0.05) is 12.1 Å². The molecule has 0 aliphatic heterocycles. The van der Waals surface area contributed by atoms with Crippen LogP contribution in [0.4, 0.5) is 0 Å². The summed E-state index contributed by atoms with van der Waals surface area (Å²) in [5.74, 6) is 0.736. The van der Waals surface area contributed by atoms with Gasteiger partial charge in [0.2, 0.25) is 5.82 Å². The molecule has 0 saturated carbocycles. The van der Waals surface area contributed by atoms with Crippen LogP contribution in [0.15, 0.2) is 50.3 Å². The van der Waals surface area contributed by atoms with Gasteiger partial charge in [-0.05, 0) is 43.7 Å². The third-order valence-electron chi connectivity index (χ3n) is 4.88. The van der Waals surface area contributed by atoms with Crippen LogP contribution in [-0.4, -0.2) is 28.2 Å². The molecule has 9 nitrogen and oxygen atoms in total. The number of ether oxygens (including phenoxy) is 2. The third kappa shape index (κ3) is 4.22. The second kappa shape index (κ2) is 9.01. The van der Waals surface area contributed by atoms with Crippen LogP contribution in [-0.2, 0) is 16.1 Å². The van der Waals surface area contributed by atoms with E-state index in [-0.39, 0.29) is 24.0 Å². The number of hydrogen-bond acceptors (Lipinski definition) is 9. The smallest absolute Gasteiger partial charge is 0.349 e. The molecular formula is C23H21N3O6. The van der Waals surface area contributed by atoms with Gasteiger partial charge in [0.25, 0.3) is 5.89 Å². The lowest BCUT2D eigenvalue weighted by atomic mass is 10.1. The number of methoxy groups -OCH3 is 1. The Balaban J connectivity index is 1.72. The van der Waals surface area contributed by atoms with Crippen LogP contribution in [0.3, 0.4) is 0 Å². The first-order valence-electron chi connectivity index (χ1n) is 10.1. The predicted molar refractivity (Wildman–Crippen MR) is 115 cm³/mol. The minimum Gasteiger partial charge on any atom is -0.497 e. The molecule has 0 atom stereocenters. The van der Waals surface area contributed by atoms with Crippen molar-refractivity contribution in [1.82, 2.24) is 15.1 Å². The van der Waals surface area contributed by atoms with Crippen molar-refractivity contribution in [2.75, 3.05) is 7.11 Å². The molecule has 9 heteroatoms. The van der Waals surface area contributed by atoms with Gasteiger partial charge < -0.3 is 18.4 Å². The molecule has 0 aliphatic rings. The summed E-state index contributed by atoms with van der Waals surface area (Å²) in [4.78, 5) is 33.0. The van der Waals surface area contributed by atoms with E-state index >= 15 is 0 Å². The number of benzene rings is 1. The van der Waals surface area contributed by atoms with E-state index in [0.29, 0.717) is 52.2 Å². The zero-order valence-electron chi connectivity index (χ0n) is 17.9. The first kappa shape index (κ1) is 21.2. The highest BCUT2D eigenvalue weighted by Crippen LogP contribution is 2.27. The highest BCUT2D eigenvalue weighted by Gasteiger charge is 2.19. The lowest BCUT2D eigenvalue weighted by Crippen LogP contribution is -2.07. The van der Waals surface area contributed by atoms with Crippen LogP contribution in [0.1, 0.15) is 31.0 Å². The van der Waals surface area contributed by atoms with Crippen molar-refractivity contribution in [1.29, 1.82) is 0 Å². The van der Waals surface area contributed by atoms with E-state index in [1.54, 1.807) is 50.6 Å². The predicted octanol–water partition coefficient (Wildman–Crippen LogP) is 4.07. The molecular weight excluding hydrogens is 414 g/mol. The molecule has 32 heavy (non-hydrogen) atoms. The molecule has 0 N–H and O–H groups in total. The zero-order valence-corrected chi connectivity index (χ0v) is 17.9. The fraction of sp³-hybridized carbons (Fsp3) is 0.261. The van der Waals surface area contributed by atoms with E-state index < -0.39 is 5.63 Å². The van der Waals surface area contributed by atoms with Crippen molar-refractivity contribution < 1.29 is 23.2 Å². The van der Waals surface area contributed by atoms with Gasteiger partial charge in [-0.2, -0.15) is 4.98 Å². The second-order valence-corrected chi connectivity index (χ2v) is 7.12. The zero-order chi connectivity index (χ0) is 22.7. The summed E-state index contributed by atoms with van der Waals surface area (Å²) in [7, 11) is 1.58. The van der Waals surface area contributed by atoms with Crippen molar-refractivity contribution in [3.63, 3.8) is 0 Å². The summed E-state index contributed by atoms with van der Waals surface area (Å²) < 4.78 is 21.3. The van der Waals surface area contributed by atoms with Crippen molar-refractivity contribution in [3.8, 4) is 28.6 Å². The van der Waals surface area contributed by atoms with Crippen LogP contribution in [0.5, 0.6) is 5.75 Å². The number of fused-ring (bicyclic) bond motifs is 1. The Morgan fingerprint density at radius 3 is 2.69 bits per heavy atom. The maximum absolute atomic E-state index is 12.7. The summed E-state index contributed by atoms with van der Waals surface area (Å²) in [5, 5.41) is 4.55. The van der Waals surface area contributed by atoms with E-state index in [2.05, 4.69) is 15.1 Å². The van der Waals surface area contributed by atoms with Crippen molar-refractivity contribution in [2.45, 2.75) is 33.3 Å².